The molecule has 4 rings (SSSR count). The van der Waals surface area contributed by atoms with Crippen LogP contribution in [0, 0.1) is 11.2 Å². The lowest BCUT2D eigenvalue weighted by Crippen LogP contribution is -2.21. The van der Waals surface area contributed by atoms with E-state index in [4.69, 9.17) is 10.1 Å². The quantitative estimate of drug-likeness (QED) is 0.110. The van der Waals surface area contributed by atoms with Crippen molar-refractivity contribution in [1.82, 2.24) is 4.98 Å². The Kier molecular flexibility index (Phi) is 9.53. The number of alkyl halides is 3. The number of hydrogen-bond acceptors (Lipinski definition) is 5. The van der Waals surface area contributed by atoms with Gasteiger partial charge in [0.1, 0.15) is 17.1 Å². The standard InChI is InChI=1S/C30H27F4N5O4S/c1-18(19-3-8-22(31)9-4-19)28(40)37-23-10-5-20(6-11-23)21-7-14-27(36-16-21)39-29(35)38-25-13-12-24(44(2,41)42)15-26(25)43-17-30(32,33)34/h3-16,18H,17H2,1-2H3,(H,37,40)(H3,35,36,38,39)/t18-/m1/s1. The van der Waals surface area contributed by atoms with Gasteiger partial charge in [-0.25, -0.2) is 12.8 Å². The molecule has 1 heterocycles. The molecule has 0 unspecified atom stereocenters. The molecule has 4 N–H and O–H groups in total. The van der Waals surface area contributed by atoms with Crippen molar-refractivity contribution in [3.63, 3.8) is 0 Å². The molecule has 9 nitrogen and oxygen atoms in total. The molecule has 44 heavy (non-hydrogen) atoms. The zero-order chi connectivity index (χ0) is 32.1. The second kappa shape index (κ2) is 13.1. The average molecular weight is 630 g/mol. The van der Waals surface area contributed by atoms with E-state index in [9.17, 15) is 30.8 Å². The third kappa shape index (κ3) is 8.77. The minimum atomic E-state index is -4.66. The molecular weight excluding hydrogens is 602 g/mol. The van der Waals surface area contributed by atoms with Gasteiger partial charge in [-0.05, 0) is 72.1 Å². The largest absolute Gasteiger partial charge is 0.482 e. The van der Waals surface area contributed by atoms with Crippen LogP contribution in [-0.4, -0.2) is 44.3 Å². The first-order chi connectivity index (χ1) is 20.7. The summed E-state index contributed by atoms with van der Waals surface area (Å²) >= 11 is 0. The maximum absolute atomic E-state index is 13.2. The fourth-order valence-corrected chi connectivity index (χ4v) is 4.59. The summed E-state index contributed by atoms with van der Waals surface area (Å²) < 4.78 is 79.8. The molecule has 0 spiro atoms. The highest BCUT2D eigenvalue weighted by Gasteiger charge is 2.29. The molecule has 14 heteroatoms. The van der Waals surface area contributed by atoms with Crippen molar-refractivity contribution in [3.8, 4) is 16.9 Å². The number of benzene rings is 3. The number of halogens is 4. The van der Waals surface area contributed by atoms with E-state index < -0.39 is 40.2 Å². The summed E-state index contributed by atoms with van der Waals surface area (Å²) in [6.45, 7) is 0.0704. The number of nitrogens with one attached hydrogen (secondary N) is 4. The molecular formula is C30H27F4N5O4S. The number of aromatic amines is 1. The molecule has 1 aromatic heterocycles. The van der Waals surface area contributed by atoms with Crippen molar-refractivity contribution in [2.75, 3.05) is 23.5 Å². The lowest BCUT2D eigenvalue weighted by atomic mass is 10.00. The lowest BCUT2D eigenvalue weighted by Gasteiger charge is -2.15. The smallest absolute Gasteiger partial charge is 0.422 e. The van der Waals surface area contributed by atoms with Crippen molar-refractivity contribution in [3.05, 3.63) is 102 Å². The zero-order valence-corrected chi connectivity index (χ0v) is 24.2. The number of sulfone groups is 1. The molecule has 0 aliphatic carbocycles. The van der Waals surface area contributed by atoms with Gasteiger partial charge in [-0.3, -0.25) is 10.2 Å². The van der Waals surface area contributed by atoms with Gasteiger partial charge >= 0.3 is 6.18 Å². The van der Waals surface area contributed by atoms with Crippen molar-refractivity contribution < 1.29 is 35.5 Å². The van der Waals surface area contributed by atoms with Crippen molar-refractivity contribution in [2.45, 2.75) is 23.9 Å². The first-order valence-corrected chi connectivity index (χ1v) is 14.9. The summed E-state index contributed by atoms with van der Waals surface area (Å²) in [6, 6.07) is 19.4. The normalized spacial score (nSPS) is 12.8. The molecule has 4 aromatic rings. The minimum Gasteiger partial charge on any atom is -0.482 e. The van der Waals surface area contributed by atoms with Gasteiger partial charge in [-0.1, -0.05) is 24.3 Å². The fourth-order valence-electron chi connectivity index (χ4n) is 3.96. The minimum absolute atomic E-state index is 0.0775. The Balaban J connectivity index is 1.43. The Bertz CT molecular complexity index is 1820. The number of ether oxygens (including phenoxy) is 1. The van der Waals surface area contributed by atoms with Crippen LogP contribution in [0.5, 0.6) is 5.75 Å². The average Bonchev–Trinajstić information content (AvgIpc) is 2.96. The first kappa shape index (κ1) is 31.9. The molecule has 3 aromatic carbocycles. The van der Waals surface area contributed by atoms with Gasteiger partial charge in [-0.2, -0.15) is 18.2 Å². The number of pyridine rings is 1. The molecule has 1 amide bonds. The monoisotopic (exact) mass is 629 g/mol. The highest BCUT2D eigenvalue weighted by atomic mass is 32.2. The van der Waals surface area contributed by atoms with Gasteiger partial charge in [0.25, 0.3) is 0 Å². The molecule has 1 atom stereocenters. The molecule has 0 aliphatic rings. The van der Waals surface area contributed by atoms with Gasteiger partial charge in [-0.15, -0.1) is 0 Å². The molecule has 0 saturated heterocycles. The number of nitrogens with zero attached hydrogens (tertiary/aromatic N) is 1. The summed E-state index contributed by atoms with van der Waals surface area (Å²) in [5.74, 6) is -1.97. The SMILES string of the molecule is C[C@@H](C(=O)Nc1ccc(-c2cc/c(=N/C(=N)Nc3ccc(S(C)(=O)=O)cc3OCC(F)(F)F)[nH]c2)cc1)c1ccc(F)cc1. The van der Waals surface area contributed by atoms with E-state index >= 15 is 0 Å². The lowest BCUT2D eigenvalue weighted by molar-refractivity contribution is -0.153. The van der Waals surface area contributed by atoms with Crippen molar-refractivity contribution >= 4 is 33.1 Å². The molecule has 0 bridgehead atoms. The van der Waals surface area contributed by atoms with Crippen LogP contribution in [0.2, 0.25) is 0 Å². The molecule has 0 saturated carbocycles. The zero-order valence-electron chi connectivity index (χ0n) is 23.4. The van der Waals surface area contributed by atoms with Gasteiger partial charge in [0.15, 0.2) is 16.4 Å². The fraction of sp³-hybridized carbons (Fsp3) is 0.167. The molecule has 0 radical (unpaired) electrons. The van der Waals surface area contributed by atoms with Crippen LogP contribution < -0.4 is 20.9 Å². The van der Waals surface area contributed by atoms with Crippen LogP contribution in [0.4, 0.5) is 28.9 Å². The highest BCUT2D eigenvalue weighted by molar-refractivity contribution is 7.90. The number of carbonyl (C=O) groups is 1. The summed E-state index contributed by atoms with van der Waals surface area (Å²) in [7, 11) is -3.72. The van der Waals surface area contributed by atoms with Gasteiger partial charge < -0.3 is 20.4 Å². The number of guanidine groups is 1. The third-order valence-corrected chi connectivity index (χ3v) is 7.41. The predicted octanol–water partition coefficient (Wildman–Crippen LogP) is 5.86. The summed E-state index contributed by atoms with van der Waals surface area (Å²) in [5, 5.41) is 13.5. The Morgan fingerprint density at radius 2 is 1.64 bits per heavy atom. The topological polar surface area (TPSA) is 136 Å². The van der Waals surface area contributed by atoms with Crippen LogP contribution in [0.3, 0.4) is 0 Å². The second-order valence-corrected chi connectivity index (χ2v) is 11.7. The van der Waals surface area contributed by atoms with E-state index in [1.54, 1.807) is 61.7 Å². The van der Waals surface area contributed by atoms with E-state index in [-0.39, 0.29) is 27.8 Å². The summed E-state index contributed by atoms with van der Waals surface area (Å²) in [5.41, 5.74) is 3.00. The van der Waals surface area contributed by atoms with Gasteiger partial charge in [0.2, 0.25) is 11.9 Å². The Hall–Kier alpha value is -4.98. The number of anilines is 2. The Morgan fingerprint density at radius 1 is 0.977 bits per heavy atom. The number of aromatic nitrogens is 1. The van der Waals surface area contributed by atoms with E-state index in [2.05, 4.69) is 20.6 Å². The Labute approximate surface area is 250 Å². The van der Waals surface area contributed by atoms with Crippen LogP contribution in [0.15, 0.2) is 94.9 Å². The van der Waals surface area contributed by atoms with Gasteiger partial charge in [0, 0.05) is 24.2 Å². The first-order valence-electron chi connectivity index (χ1n) is 13.0. The molecule has 0 fully saturated rings. The van der Waals surface area contributed by atoms with Crippen LogP contribution in [0.1, 0.15) is 18.4 Å². The maximum Gasteiger partial charge on any atom is 0.422 e. The second-order valence-electron chi connectivity index (χ2n) is 9.72. The van der Waals surface area contributed by atoms with Crippen molar-refractivity contribution in [1.29, 1.82) is 5.41 Å². The molecule has 230 valence electrons. The molecule has 0 aliphatic heterocycles. The van der Waals surface area contributed by atoms with Crippen LogP contribution in [0.25, 0.3) is 11.1 Å². The maximum atomic E-state index is 13.2. The number of rotatable bonds is 8. The van der Waals surface area contributed by atoms with Gasteiger partial charge in [0.05, 0.1) is 16.5 Å². The Morgan fingerprint density at radius 3 is 2.23 bits per heavy atom. The predicted molar refractivity (Wildman–Crippen MR) is 158 cm³/mol. The number of H-pyrrole nitrogens is 1. The van der Waals surface area contributed by atoms with Crippen LogP contribution in [-0.2, 0) is 14.6 Å². The van der Waals surface area contributed by atoms with E-state index in [1.165, 1.54) is 24.3 Å². The number of carbonyl (C=O) groups excluding carboxylic acids is 1. The third-order valence-electron chi connectivity index (χ3n) is 6.30. The summed E-state index contributed by atoms with van der Waals surface area (Å²) in [6.07, 6.45) is -2.12. The van der Waals surface area contributed by atoms with E-state index in [1.807, 2.05) is 0 Å². The van der Waals surface area contributed by atoms with E-state index in [0.29, 0.717) is 11.3 Å². The van der Waals surface area contributed by atoms with E-state index in [0.717, 1.165) is 23.4 Å². The number of hydrogen-bond donors (Lipinski definition) is 4. The van der Waals surface area contributed by atoms with Crippen LogP contribution >= 0.6 is 0 Å². The number of amides is 1. The van der Waals surface area contributed by atoms with Crippen molar-refractivity contribution in [2.24, 2.45) is 4.99 Å². The summed E-state index contributed by atoms with van der Waals surface area (Å²) in [4.78, 5) is 19.3. The highest BCUT2D eigenvalue weighted by Crippen LogP contribution is 2.30.